The maximum Gasteiger partial charge on any atom is 0.266 e. The van der Waals surface area contributed by atoms with E-state index in [-0.39, 0.29) is 11.1 Å². The molecule has 0 unspecified atom stereocenters. The molecule has 2 aromatic rings. The van der Waals surface area contributed by atoms with Gasteiger partial charge in [0.05, 0.1) is 0 Å². The van der Waals surface area contributed by atoms with Crippen LogP contribution in [-0.4, -0.2) is 4.98 Å². The number of aromatic amines is 1. The molecule has 0 fully saturated rings. The first-order valence-electron chi connectivity index (χ1n) is 5.58. The van der Waals surface area contributed by atoms with Crippen LogP contribution in [0.3, 0.4) is 0 Å². The number of H-pyrrole nitrogens is 1. The van der Waals surface area contributed by atoms with E-state index in [2.05, 4.69) is 4.98 Å². The summed E-state index contributed by atoms with van der Waals surface area (Å²) in [6.07, 6.45) is 0.710. The maximum atomic E-state index is 11.8. The third kappa shape index (κ3) is 2.29. The molecule has 0 aliphatic carbocycles. The van der Waals surface area contributed by atoms with Crippen LogP contribution in [0, 0.1) is 11.3 Å². The molecule has 90 valence electrons. The smallest absolute Gasteiger partial charge is 0.266 e. The molecule has 0 aliphatic rings. The largest absolute Gasteiger partial charge is 0.325 e. The standard InChI is InChI=1S/C14H11ClN2O/c1-2-11-7-12(13(8-16)14(18)17-11)9-3-5-10(15)6-4-9/h3-7H,2H2,1H3,(H,17,18). The van der Waals surface area contributed by atoms with E-state index in [0.717, 1.165) is 11.3 Å². The minimum atomic E-state index is -0.346. The van der Waals surface area contributed by atoms with E-state index < -0.39 is 0 Å². The molecule has 18 heavy (non-hydrogen) atoms. The number of nitrogens with zero attached hydrogens (tertiary/aromatic N) is 1. The Morgan fingerprint density at radius 2 is 2.00 bits per heavy atom. The minimum absolute atomic E-state index is 0.134. The minimum Gasteiger partial charge on any atom is -0.325 e. The van der Waals surface area contributed by atoms with Crippen LogP contribution in [0.5, 0.6) is 0 Å². The SMILES string of the molecule is CCc1cc(-c2ccc(Cl)cc2)c(C#N)c(=O)[nH]1. The van der Waals surface area contributed by atoms with Crippen LogP contribution in [0.25, 0.3) is 11.1 Å². The quantitative estimate of drug-likeness (QED) is 0.900. The molecule has 1 aromatic carbocycles. The molecule has 0 spiro atoms. The molecule has 1 heterocycles. The van der Waals surface area contributed by atoms with E-state index in [0.29, 0.717) is 17.0 Å². The average molecular weight is 259 g/mol. The molecule has 2 rings (SSSR count). The van der Waals surface area contributed by atoms with Gasteiger partial charge in [-0.1, -0.05) is 30.7 Å². The van der Waals surface area contributed by atoms with E-state index in [1.807, 2.05) is 19.1 Å². The van der Waals surface area contributed by atoms with Gasteiger partial charge >= 0.3 is 0 Å². The van der Waals surface area contributed by atoms with E-state index in [9.17, 15) is 4.79 Å². The first kappa shape index (κ1) is 12.4. The van der Waals surface area contributed by atoms with Gasteiger partial charge in [0.2, 0.25) is 0 Å². The highest BCUT2D eigenvalue weighted by atomic mass is 35.5. The van der Waals surface area contributed by atoms with Crippen molar-refractivity contribution >= 4 is 11.6 Å². The number of halogens is 1. The van der Waals surface area contributed by atoms with Crippen LogP contribution in [0.2, 0.25) is 5.02 Å². The Labute approximate surface area is 110 Å². The molecule has 0 radical (unpaired) electrons. The van der Waals surface area contributed by atoms with Gasteiger partial charge in [0.15, 0.2) is 0 Å². The van der Waals surface area contributed by atoms with Crippen molar-refractivity contribution in [3.8, 4) is 17.2 Å². The molecule has 0 atom stereocenters. The number of aryl methyl sites for hydroxylation is 1. The van der Waals surface area contributed by atoms with Crippen LogP contribution in [0.4, 0.5) is 0 Å². The Morgan fingerprint density at radius 3 is 2.56 bits per heavy atom. The predicted molar refractivity (Wildman–Crippen MR) is 71.6 cm³/mol. The van der Waals surface area contributed by atoms with Crippen molar-refractivity contribution in [2.24, 2.45) is 0 Å². The van der Waals surface area contributed by atoms with Gasteiger partial charge in [-0.05, 0) is 30.2 Å². The first-order chi connectivity index (χ1) is 8.65. The second kappa shape index (κ2) is 5.07. The topological polar surface area (TPSA) is 56.6 Å². The van der Waals surface area contributed by atoms with Gasteiger partial charge in [-0.3, -0.25) is 4.79 Å². The molecule has 4 heteroatoms. The lowest BCUT2D eigenvalue weighted by atomic mass is 10.0. The van der Waals surface area contributed by atoms with E-state index >= 15 is 0 Å². The van der Waals surface area contributed by atoms with Crippen molar-refractivity contribution in [2.45, 2.75) is 13.3 Å². The number of hydrogen-bond acceptors (Lipinski definition) is 2. The van der Waals surface area contributed by atoms with Crippen LogP contribution < -0.4 is 5.56 Å². The van der Waals surface area contributed by atoms with Crippen molar-refractivity contribution < 1.29 is 0 Å². The molecule has 0 aliphatic heterocycles. The summed E-state index contributed by atoms with van der Waals surface area (Å²) in [7, 11) is 0. The lowest BCUT2D eigenvalue weighted by Crippen LogP contribution is -2.13. The van der Waals surface area contributed by atoms with Gasteiger partial charge in [0.1, 0.15) is 11.6 Å². The Balaban J connectivity index is 2.69. The van der Waals surface area contributed by atoms with E-state index in [1.165, 1.54) is 0 Å². The van der Waals surface area contributed by atoms with Crippen LogP contribution in [-0.2, 0) is 6.42 Å². The molecule has 0 bridgehead atoms. The Morgan fingerprint density at radius 1 is 1.33 bits per heavy atom. The van der Waals surface area contributed by atoms with Crippen molar-refractivity contribution in [3.63, 3.8) is 0 Å². The number of benzene rings is 1. The van der Waals surface area contributed by atoms with Crippen LogP contribution >= 0.6 is 11.6 Å². The van der Waals surface area contributed by atoms with Gasteiger partial charge in [-0.2, -0.15) is 5.26 Å². The number of hydrogen-bond donors (Lipinski definition) is 1. The van der Waals surface area contributed by atoms with E-state index in [4.69, 9.17) is 16.9 Å². The summed E-state index contributed by atoms with van der Waals surface area (Å²) in [5.41, 5.74) is 2.06. The first-order valence-corrected chi connectivity index (χ1v) is 5.95. The fourth-order valence-corrected chi connectivity index (χ4v) is 1.90. The summed E-state index contributed by atoms with van der Waals surface area (Å²) in [5, 5.41) is 9.71. The maximum absolute atomic E-state index is 11.8. The summed E-state index contributed by atoms with van der Waals surface area (Å²) in [4.78, 5) is 14.5. The van der Waals surface area contributed by atoms with Crippen molar-refractivity contribution in [1.82, 2.24) is 4.98 Å². The monoisotopic (exact) mass is 258 g/mol. The van der Waals surface area contributed by atoms with Crippen molar-refractivity contribution in [2.75, 3.05) is 0 Å². The summed E-state index contributed by atoms with van der Waals surface area (Å²) in [6.45, 7) is 1.95. The molecule has 1 aromatic heterocycles. The number of pyridine rings is 1. The zero-order valence-electron chi connectivity index (χ0n) is 9.83. The Bertz CT molecular complexity index is 666. The number of rotatable bonds is 2. The average Bonchev–Trinajstić information content (AvgIpc) is 2.38. The Hall–Kier alpha value is -2.05. The van der Waals surface area contributed by atoms with Gasteiger partial charge in [0.25, 0.3) is 5.56 Å². The molecule has 0 saturated carbocycles. The highest BCUT2D eigenvalue weighted by molar-refractivity contribution is 6.30. The third-order valence-electron chi connectivity index (χ3n) is 2.74. The zero-order valence-corrected chi connectivity index (χ0v) is 10.6. The van der Waals surface area contributed by atoms with Crippen molar-refractivity contribution in [3.05, 3.63) is 57.0 Å². The van der Waals surface area contributed by atoms with Gasteiger partial charge in [-0.25, -0.2) is 0 Å². The number of nitrogens with one attached hydrogen (secondary N) is 1. The second-order valence-corrected chi connectivity index (χ2v) is 4.32. The van der Waals surface area contributed by atoms with Gasteiger partial charge < -0.3 is 4.98 Å². The number of aromatic nitrogens is 1. The molecular formula is C14H11ClN2O. The van der Waals surface area contributed by atoms with Crippen LogP contribution in [0.1, 0.15) is 18.2 Å². The Kier molecular flexibility index (Phi) is 3.50. The molecule has 0 amide bonds. The normalized spacial score (nSPS) is 10.1. The molecule has 3 nitrogen and oxygen atoms in total. The lowest BCUT2D eigenvalue weighted by Gasteiger charge is -2.06. The fraction of sp³-hybridized carbons (Fsp3) is 0.143. The van der Waals surface area contributed by atoms with Crippen molar-refractivity contribution in [1.29, 1.82) is 5.26 Å². The second-order valence-electron chi connectivity index (χ2n) is 3.88. The van der Waals surface area contributed by atoms with Gasteiger partial charge in [0, 0.05) is 16.3 Å². The summed E-state index contributed by atoms with van der Waals surface area (Å²) >= 11 is 5.83. The van der Waals surface area contributed by atoms with Gasteiger partial charge in [-0.15, -0.1) is 0 Å². The summed E-state index contributed by atoms with van der Waals surface area (Å²) < 4.78 is 0. The number of nitriles is 1. The predicted octanol–water partition coefficient (Wildman–Crippen LogP) is 3.13. The molecule has 1 N–H and O–H groups in total. The highest BCUT2D eigenvalue weighted by Gasteiger charge is 2.10. The van der Waals surface area contributed by atoms with E-state index in [1.54, 1.807) is 24.3 Å². The summed E-state index contributed by atoms with van der Waals surface area (Å²) in [6, 6.07) is 10.9. The fourth-order valence-electron chi connectivity index (χ4n) is 1.77. The van der Waals surface area contributed by atoms with Crippen LogP contribution in [0.15, 0.2) is 35.1 Å². The zero-order chi connectivity index (χ0) is 13.1. The molecular weight excluding hydrogens is 248 g/mol. The highest BCUT2D eigenvalue weighted by Crippen LogP contribution is 2.23. The lowest BCUT2D eigenvalue weighted by molar-refractivity contribution is 1.01. The molecule has 0 saturated heterocycles. The summed E-state index contributed by atoms with van der Waals surface area (Å²) in [5.74, 6) is 0. The third-order valence-corrected chi connectivity index (χ3v) is 2.99.